The Morgan fingerprint density at radius 3 is 3.06 bits per heavy atom. The highest BCUT2D eigenvalue weighted by molar-refractivity contribution is 9.10. The van der Waals surface area contributed by atoms with Crippen molar-refractivity contribution in [2.75, 3.05) is 7.05 Å². The van der Waals surface area contributed by atoms with Crippen LogP contribution in [-0.2, 0) is 6.54 Å². The van der Waals surface area contributed by atoms with Gasteiger partial charge in [-0.2, -0.15) is 0 Å². The lowest BCUT2D eigenvalue weighted by Crippen LogP contribution is -2.08. The maximum absolute atomic E-state index is 11.0. The van der Waals surface area contributed by atoms with Crippen LogP contribution in [0.1, 0.15) is 16.3 Å². The Morgan fingerprint density at radius 1 is 1.69 bits per heavy atom. The van der Waals surface area contributed by atoms with Crippen LogP contribution in [0.3, 0.4) is 0 Å². The predicted molar refractivity (Wildman–Crippen MR) is 62.6 cm³/mol. The summed E-state index contributed by atoms with van der Waals surface area (Å²) in [6, 6.07) is 3.59. The van der Waals surface area contributed by atoms with Gasteiger partial charge in [0.15, 0.2) is 5.69 Å². The molecule has 0 saturated carbocycles. The third-order valence-corrected chi connectivity index (χ3v) is 2.71. The lowest BCUT2D eigenvalue weighted by molar-refractivity contribution is 0.0693. The van der Waals surface area contributed by atoms with E-state index in [4.69, 9.17) is 5.11 Å². The summed E-state index contributed by atoms with van der Waals surface area (Å²) in [5.41, 5.74) is 0.665. The van der Waals surface area contributed by atoms with Crippen LogP contribution in [0.5, 0.6) is 0 Å². The number of halogens is 1. The number of fused-ring (bicyclic) bond motifs is 1. The normalized spacial score (nSPS) is 10.9. The number of carboxylic acids is 1. The van der Waals surface area contributed by atoms with Gasteiger partial charge in [-0.3, -0.25) is 0 Å². The average molecular weight is 284 g/mol. The van der Waals surface area contributed by atoms with E-state index >= 15 is 0 Å². The Bertz CT molecular complexity index is 550. The Balaban J connectivity index is 2.71. The summed E-state index contributed by atoms with van der Waals surface area (Å²) in [6.45, 7) is 0.524. The molecule has 0 unspecified atom stereocenters. The maximum atomic E-state index is 11.0. The molecule has 0 fully saturated rings. The highest BCUT2D eigenvalue weighted by Crippen LogP contribution is 2.18. The van der Waals surface area contributed by atoms with Crippen molar-refractivity contribution < 1.29 is 9.90 Å². The first kappa shape index (κ1) is 11.1. The molecule has 0 saturated heterocycles. The standard InChI is InChI=1S/C10H10BrN3O2/c1-12-5-8-13-9(10(15)16)7-4-6(11)2-3-14(7)8/h2-4,12H,5H2,1H3,(H,15,16). The van der Waals surface area contributed by atoms with E-state index in [2.05, 4.69) is 26.2 Å². The van der Waals surface area contributed by atoms with Crippen LogP contribution in [0.25, 0.3) is 5.52 Å². The number of nitrogens with one attached hydrogen (secondary N) is 1. The number of hydrogen-bond donors (Lipinski definition) is 2. The lowest BCUT2D eigenvalue weighted by Gasteiger charge is -1.99. The number of imidazole rings is 1. The third kappa shape index (κ3) is 1.81. The molecule has 0 amide bonds. The molecule has 5 nitrogen and oxygen atoms in total. The minimum atomic E-state index is -1.02. The Hall–Kier alpha value is -1.40. The highest BCUT2D eigenvalue weighted by atomic mass is 79.9. The van der Waals surface area contributed by atoms with Crippen molar-refractivity contribution in [3.05, 3.63) is 34.3 Å². The van der Waals surface area contributed by atoms with Crippen LogP contribution in [0.2, 0.25) is 0 Å². The second kappa shape index (κ2) is 4.23. The minimum absolute atomic E-state index is 0.0755. The first-order valence-corrected chi connectivity index (χ1v) is 5.47. The van der Waals surface area contributed by atoms with Crippen molar-refractivity contribution >= 4 is 27.4 Å². The van der Waals surface area contributed by atoms with Crippen molar-refractivity contribution in [1.29, 1.82) is 0 Å². The van der Waals surface area contributed by atoms with Crippen molar-refractivity contribution in [3.63, 3.8) is 0 Å². The Labute approximate surface area is 100 Å². The predicted octanol–water partition coefficient (Wildman–Crippen LogP) is 1.51. The van der Waals surface area contributed by atoms with Gasteiger partial charge in [0.25, 0.3) is 0 Å². The van der Waals surface area contributed by atoms with Gasteiger partial charge in [0, 0.05) is 10.7 Å². The van der Waals surface area contributed by atoms with E-state index in [-0.39, 0.29) is 5.69 Å². The van der Waals surface area contributed by atoms with Crippen LogP contribution < -0.4 is 5.32 Å². The smallest absolute Gasteiger partial charge is 0.356 e. The van der Waals surface area contributed by atoms with Gasteiger partial charge in [-0.25, -0.2) is 9.78 Å². The second-order valence-corrected chi connectivity index (χ2v) is 4.23. The zero-order valence-electron chi connectivity index (χ0n) is 8.57. The largest absolute Gasteiger partial charge is 0.476 e. The molecular weight excluding hydrogens is 274 g/mol. The molecule has 0 radical (unpaired) electrons. The summed E-state index contributed by atoms with van der Waals surface area (Å²) in [7, 11) is 1.79. The summed E-state index contributed by atoms with van der Waals surface area (Å²) in [5.74, 6) is -0.333. The molecule has 0 atom stereocenters. The number of rotatable bonds is 3. The summed E-state index contributed by atoms with van der Waals surface area (Å²) < 4.78 is 2.60. The maximum Gasteiger partial charge on any atom is 0.356 e. The number of carboxylic acid groups (broad SMARTS) is 1. The molecule has 0 aliphatic carbocycles. The number of hydrogen-bond acceptors (Lipinski definition) is 3. The first-order chi connectivity index (χ1) is 7.63. The SMILES string of the molecule is CNCc1nc(C(=O)O)c2cc(Br)ccn12. The van der Waals surface area contributed by atoms with Gasteiger partial charge >= 0.3 is 5.97 Å². The van der Waals surface area contributed by atoms with Gasteiger partial charge in [0.2, 0.25) is 0 Å². The molecular formula is C10H10BrN3O2. The van der Waals surface area contributed by atoms with Gasteiger partial charge in [-0.1, -0.05) is 15.9 Å². The third-order valence-electron chi connectivity index (χ3n) is 2.22. The zero-order valence-corrected chi connectivity index (χ0v) is 10.2. The molecule has 2 N–H and O–H groups in total. The summed E-state index contributed by atoms with van der Waals surface area (Å²) in [6.07, 6.45) is 1.80. The zero-order chi connectivity index (χ0) is 11.7. The van der Waals surface area contributed by atoms with Gasteiger partial charge < -0.3 is 14.8 Å². The van der Waals surface area contributed by atoms with E-state index in [9.17, 15) is 4.79 Å². The summed E-state index contributed by atoms with van der Waals surface area (Å²) in [5, 5.41) is 12.0. The quantitative estimate of drug-likeness (QED) is 0.896. The molecule has 2 aromatic heterocycles. The number of aromatic carboxylic acids is 1. The minimum Gasteiger partial charge on any atom is -0.476 e. The summed E-state index contributed by atoms with van der Waals surface area (Å²) in [4.78, 5) is 15.1. The molecule has 6 heteroatoms. The molecule has 16 heavy (non-hydrogen) atoms. The molecule has 0 bridgehead atoms. The average Bonchev–Trinajstić information content (AvgIpc) is 2.57. The van der Waals surface area contributed by atoms with Crippen LogP contribution in [0, 0.1) is 0 Å². The fourth-order valence-electron chi connectivity index (χ4n) is 1.56. The molecule has 2 rings (SSSR count). The van der Waals surface area contributed by atoms with Gasteiger partial charge in [-0.05, 0) is 19.2 Å². The monoisotopic (exact) mass is 283 g/mol. The van der Waals surface area contributed by atoms with Gasteiger partial charge in [0.1, 0.15) is 5.82 Å². The van der Waals surface area contributed by atoms with Crippen LogP contribution in [0.4, 0.5) is 0 Å². The molecule has 0 aromatic carbocycles. The van der Waals surface area contributed by atoms with Crippen molar-refractivity contribution in [2.24, 2.45) is 0 Å². The van der Waals surface area contributed by atoms with E-state index in [1.807, 2.05) is 6.07 Å². The van der Waals surface area contributed by atoms with Gasteiger partial charge in [-0.15, -0.1) is 0 Å². The molecule has 0 aliphatic rings. The fourth-order valence-corrected chi connectivity index (χ4v) is 1.90. The number of nitrogens with zero attached hydrogens (tertiary/aromatic N) is 2. The fraction of sp³-hybridized carbons (Fsp3) is 0.200. The Morgan fingerprint density at radius 2 is 2.44 bits per heavy atom. The highest BCUT2D eigenvalue weighted by Gasteiger charge is 2.16. The first-order valence-electron chi connectivity index (χ1n) is 4.68. The van der Waals surface area contributed by atoms with Crippen molar-refractivity contribution in [3.8, 4) is 0 Å². The topological polar surface area (TPSA) is 66.6 Å². The van der Waals surface area contributed by atoms with Crippen LogP contribution in [0.15, 0.2) is 22.8 Å². The number of pyridine rings is 1. The van der Waals surface area contributed by atoms with Crippen molar-refractivity contribution in [2.45, 2.75) is 6.54 Å². The van der Waals surface area contributed by atoms with E-state index in [1.165, 1.54) is 0 Å². The molecule has 0 spiro atoms. The summed E-state index contributed by atoms with van der Waals surface area (Å²) >= 11 is 3.31. The Kier molecular flexibility index (Phi) is 2.93. The van der Waals surface area contributed by atoms with E-state index in [1.54, 1.807) is 23.7 Å². The van der Waals surface area contributed by atoms with E-state index in [0.717, 1.165) is 4.47 Å². The number of carbonyl (C=O) groups is 1. The van der Waals surface area contributed by atoms with E-state index < -0.39 is 5.97 Å². The lowest BCUT2D eigenvalue weighted by atomic mass is 10.3. The van der Waals surface area contributed by atoms with Crippen LogP contribution in [-0.4, -0.2) is 27.5 Å². The molecule has 2 aromatic rings. The van der Waals surface area contributed by atoms with Gasteiger partial charge in [0.05, 0.1) is 12.1 Å². The number of aromatic nitrogens is 2. The molecule has 0 aliphatic heterocycles. The molecule has 2 heterocycles. The van der Waals surface area contributed by atoms with E-state index in [0.29, 0.717) is 17.9 Å². The van der Waals surface area contributed by atoms with Crippen LogP contribution >= 0.6 is 15.9 Å². The van der Waals surface area contributed by atoms with Crippen molar-refractivity contribution in [1.82, 2.24) is 14.7 Å². The second-order valence-electron chi connectivity index (χ2n) is 3.31. The molecule has 84 valence electrons.